The van der Waals surface area contributed by atoms with Crippen LogP contribution in [0.15, 0.2) is 41.7 Å². The number of alkyl halides is 3. The molecule has 0 spiro atoms. The Labute approximate surface area is 171 Å². The van der Waals surface area contributed by atoms with E-state index < -0.39 is 34.6 Å². The lowest BCUT2D eigenvalue weighted by Crippen LogP contribution is -2.15. The van der Waals surface area contributed by atoms with Crippen molar-refractivity contribution in [2.75, 3.05) is 0 Å². The average Bonchev–Trinajstić information content (AvgIpc) is 3.07. The number of fused-ring (bicyclic) bond motifs is 3. The third-order valence-corrected chi connectivity index (χ3v) is 4.95. The van der Waals surface area contributed by atoms with E-state index in [1.54, 1.807) is 6.92 Å². The highest BCUT2D eigenvalue weighted by Crippen LogP contribution is 2.41. The molecular formula is C19H11ClF4N4O2. The van der Waals surface area contributed by atoms with Crippen LogP contribution in [0.5, 0.6) is 0 Å². The maximum Gasteiger partial charge on any atom is 0.417 e. The summed E-state index contributed by atoms with van der Waals surface area (Å²) in [5, 5.41) is 8.56. The quantitative estimate of drug-likeness (QED) is 0.589. The molecule has 30 heavy (non-hydrogen) atoms. The number of benzene rings is 1. The van der Waals surface area contributed by atoms with Crippen molar-refractivity contribution in [2.24, 2.45) is 4.99 Å². The number of carboxylic acid groups (broad SMARTS) is 1. The molecule has 3 heterocycles. The van der Waals surface area contributed by atoms with Crippen molar-refractivity contribution in [3.8, 4) is 5.69 Å². The number of carboxylic acids is 1. The topological polar surface area (TPSA) is 80.4 Å². The minimum Gasteiger partial charge on any atom is -0.476 e. The molecule has 1 aromatic carbocycles. The zero-order valence-electron chi connectivity index (χ0n) is 15.1. The van der Waals surface area contributed by atoms with Crippen molar-refractivity contribution in [1.82, 2.24) is 14.5 Å². The van der Waals surface area contributed by atoms with Gasteiger partial charge in [0.15, 0.2) is 11.5 Å². The Bertz CT molecular complexity index is 1220. The average molecular weight is 439 g/mol. The van der Waals surface area contributed by atoms with Crippen molar-refractivity contribution < 1.29 is 27.5 Å². The van der Waals surface area contributed by atoms with E-state index in [2.05, 4.69) is 15.0 Å². The number of rotatable bonds is 2. The summed E-state index contributed by atoms with van der Waals surface area (Å²) < 4.78 is 56.3. The summed E-state index contributed by atoms with van der Waals surface area (Å²) in [6.45, 7) is 1.55. The third-order valence-electron chi connectivity index (χ3n) is 4.55. The van der Waals surface area contributed by atoms with Gasteiger partial charge >= 0.3 is 12.1 Å². The van der Waals surface area contributed by atoms with E-state index in [0.717, 1.165) is 24.4 Å². The first-order valence-corrected chi connectivity index (χ1v) is 8.89. The molecule has 1 aliphatic heterocycles. The number of carbonyl (C=O) groups is 1. The number of hydrogen-bond acceptors (Lipinski definition) is 4. The van der Waals surface area contributed by atoms with Gasteiger partial charge in [0.1, 0.15) is 17.6 Å². The van der Waals surface area contributed by atoms with Crippen molar-refractivity contribution in [1.29, 1.82) is 0 Å². The number of imidazole rings is 1. The normalized spacial score (nSPS) is 15.8. The summed E-state index contributed by atoms with van der Waals surface area (Å²) >= 11 is 6.16. The van der Waals surface area contributed by atoms with Crippen molar-refractivity contribution in [3.05, 3.63) is 75.8 Å². The Kier molecular flexibility index (Phi) is 4.61. The predicted molar refractivity (Wildman–Crippen MR) is 98.8 cm³/mol. The van der Waals surface area contributed by atoms with Crippen LogP contribution in [0.4, 0.5) is 17.6 Å². The monoisotopic (exact) mass is 438 g/mol. The van der Waals surface area contributed by atoms with Gasteiger partial charge in [-0.05, 0) is 31.2 Å². The van der Waals surface area contributed by atoms with E-state index in [9.17, 15) is 27.5 Å². The molecule has 0 saturated heterocycles. The first-order chi connectivity index (χ1) is 14.1. The van der Waals surface area contributed by atoms with E-state index in [0.29, 0.717) is 0 Å². The van der Waals surface area contributed by atoms with Crippen molar-refractivity contribution in [2.45, 2.75) is 19.1 Å². The van der Waals surface area contributed by atoms with Gasteiger partial charge in [0.2, 0.25) is 0 Å². The largest absolute Gasteiger partial charge is 0.476 e. The smallest absolute Gasteiger partial charge is 0.417 e. The summed E-state index contributed by atoms with van der Waals surface area (Å²) in [4.78, 5) is 23.6. The van der Waals surface area contributed by atoms with Crippen LogP contribution in [0.3, 0.4) is 0 Å². The molecule has 0 bridgehead atoms. The molecule has 0 radical (unpaired) electrons. The second-order valence-electron chi connectivity index (χ2n) is 6.47. The number of nitrogens with zero attached hydrogens (tertiary/aromatic N) is 4. The van der Waals surface area contributed by atoms with E-state index in [1.807, 2.05) is 0 Å². The zero-order chi connectivity index (χ0) is 21.8. The van der Waals surface area contributed by atoms with Gasteiger partial charge in [-0.3, -0.25) is 9.98 Å². The molecule has 1 N–H and O–H groups in total. The highest BCUT2D eigenvalue weighted by atomic mass is 35.5. The second kappa shape index (κ2) is 6.91. The Hall–Kier alpha value is -3.27. The summed E-state index contributed by atoms with van der Waals surface area (Å²) in [5.74, 6) is -1.97. The molecule has 3 aromatic rings. The number of aliphatic imine (C=N–C) groups is 1. The van der Waals surface area contributed by atoms with Gasteiger partial charge in [0.05, 0.1) is 22.0 Å². The second-order valence-corrected chi connectivity index (χ2v) is 6.84. The lowest BCUT2D eigenvalue weighted by atomic mass is 10.00. The Morgan fingerprint density at radius 3 is 2.63 bits per heavy atom. The van der Waals surface area contributed by atoms with Crippen LogP contribution in [-0.4, -0.2) is 31.3 Å². The molecule has 4 rings (SSSR count). The first kappa shape index (κ1) is 20.0. The zero-order valence-corrected chi connectivity index (χ0v) is 15.8. The fraction of sp³-hybridized carbons (Fsp3) is 0.158. The van der Waals surface area contributed by atoms with Gasteiger partial charge in [-0.25, -0.2) is 14.2 Å². The minimum atomic E-state index is -4.78. The SMILES string of the molecule is CC1N=C(c2ncccc2F)c2c(ccc(C(F)(F)F)c2Cl)-n2cc(C(=O)O)nc21. The van der Waals surface area contributed by atoms with E-state index in [-0.39, 0.29) is 34.2 Å². The molecule has 0 saturated carbocycles. The maximum atomic E-state index is 14.5. The minimum absolute atomic E-state index is 0.0798. The number of halogens is 5. The summed E-state index contributed by atoms with van der Waals surface area (Å²) in [5.41, 5.74) is -2.06. The van der Waals surface area contributed by atoms with Gasteiger partial charge in [0.25, 0.3) is 0 Å². The first-order valence-electron chi connectivity index (χ1n) is 8.51. The van der Waals surface area contributed by atoms with Crippen LogP contribution >= 0.6 is 11.6 Å². The third kappa shape index (κ3) is 3.13. The molecule has 1 unspecified atom stereocenters. The van der Waals surface area contributed by atoms with Crippen LogP contribution in [0.25, 0.3) is 5.69 Å². The molecule has 154 valence electrons. The van der Waals surface area contributed by atoms with Crippen LogP contribution < -0.4 is 0 Å². The summed E-state index contributed by atoms with van der Waals surface area (Å²) in [6, 6.07) is 3.50. The molecule has 1 atom stereocenters. The molecule has 2 aromatic heterocycles. The fourth-order valence-electron chi connectivity index (χ4n) is 3.25. The number of aromatic nitrogens is 3. The molecule has 6 nitrogen and oxygen atoms in total. The molecule has 0 fully saturated rings. The van der Waals surface area contributed by atoms with E-state index in [4.69, 9.17) is 11.6 Å². The van der Waals surface area contributed by atoms with Crippen molar-refractivity contribution in [3.63, 3.8) is 0 Å². The van der Waals surface area contributed by atoms with Crippen LogP contribution in [0.2, 0.25) is 5.02 Å². The molecule has 11 heteroatoms. The van der Waals surface area contributed by atoms with Crippen LogP contribution in [0, 0.1) is 5.82 Å². The Morgan fingerprint density at radius 2 is 2.00 bits per heavy atom. The van der Waals surface area contributed by atoms with Gasteiger partial charge < -0.3 is 9.67 Å². The van der Waals surface area contributed by atoms with E-state index in [1.165, 1.54) is 16.8 Å². The Balaban J connectivity index is 2.11. The van der Waals surface area contributed by atoms with Gasteiger partial charge in [-0.1, -0.05) is 11.6 Å². The summed E-state index contributed by atoms with van der Waals surface area (Å²) in [6.07, 6.45) is -2.34. The lowest BCUT2D eigenvalue weighted by Gasteiger charge is -2.17. The molecule has 0 amide bonds. The fourth-order valence-corrected chi connectivity index (χ4v) is 3.61. The van der Waals surface area contributed by atoms with Crippen LogP contribution in [0.1, 0.15) is 46.1 Å². The summed E-state index contributed by atoms with van der Waals surface area (Å²) in [7, 11) is 0. The molecule has 1 aliphatic rings. The standard InChI is InChI=1S/C19H11ClF4N4O2/c1-8-17-27-11(18(29)30)7-28(17)12-5-4-9(19(22,23)24)14(20)13(12)16(26-8)15-10(21)3-2-6-25-15/h2-8H,1H3,(H,29,30). The highest BCUT2D eigenvalue weighted by Gasteiger charge is 2.38. The lowest BCUT2D eigenvalue weighted by molar-refractivity contribution is -0.137. The number of pyridine rings is 1. The highest BCUT2D eigenvalue weighted by molar-refractivity contribution is 6.37. The molecule has 0 aliphatic carbocycles. The number of aromatic carboxylic acids is 1. The molecular weight excluding hydrogens is 428 g/mol. The van der Waals surface area contributed by atoms with E-state index >= 15 is 0 Å². The maximum absolute atomic E-state index is 14.5. The van der Waals surface area contributed by atoms with Gasteiger partial charge in [-0.2, -0.15) is 13.2 Å². The van der Waals surface area contributed by atoms with Gasteiger partial charge in [0, 0.05) is 18.0 Å². The number of hydrogen-bond donors (Lipinski definition) is 1. The predicted octanol–water partition coefficient (Wildman–Crippen LogP) is 4.69. The Morgan fingerprint density at radius 1 is 1.27 bits per heavy atom. The van der Waals surface area contributed by atoms with Crippen molar-refractivity contribution >= 4 is 23.3 Å². The van der Waals surface area contributed by atoms with Gasteiger partial charge in [-0.15, -0.1) is 0 Å². The van der Waals surface area contributed by atoms with Crippen LogP contribution in [-0.2, 0) is 6.18 Å².